The summed E-state index contributed by atoms with van der Waals surface area (Å²) in [5, 5.41) is 6.95. The van der Waals surface area contributed by atoms with Crippen LogP contribution in [0.3, 0.4) is 0 Å². The molecule has 2 fully saturated rings. The van der Waals surface area contributed by atoms with Crippen molar-refractivity contribution >= 4 is 11.8 Å². The van der Waals surface area contributed by atoms with Crippen molar-refractivity contribution in [1.82, 2.24) is 15.4 Å². The van der Waals surface area contributed by atoms with Crippen LogP contribution in [0.4, 0.5) is 0 Å². The molecule has 6 heteroatoms. The van der Waals surface area contributed by atoms with Gasteiger partial charge in [0.05, 0.1) is 6.04 Å². The minimum atomic E-state index is 0.0472. The smallest absolute Gasteiger partial charge is 0.223 e. The molecule has 3 rings (SSSR count). The summed E-state index contributed by atoms with van der Waals surface area (Å²) in [4.78, 5) is 25.8. The van der Waals surface area contributed by atoms with Crippen LogP contribution < -0.4 is 5.32 Å². The van der Waals surface area contributed by atoms with Crippen LogP contribution in [0.5, 0.6) is 0 Å². The van der Waals surface area contributed by atoms with Crippen LogP contribution >= 0.6 is 0 Å². The Morgan fingerprint density at radius 3 is 2.91 bits per heavy atom. The van der Waals surface area contributed by atoms with Crippen LogP contribution in [-0.2, 0) is 9.59 Å². The van der Waals surface area contributed by atoms with E-state index < -0.39 is 0 Å². The van der Waals surface area contributed by atoms with Crippen LogP contribution in [0.25, 0.3) is 0 Å². The van der Waals surface area contributed by atoms with E-state index in [0.29, 0.717) is 19.4 Å². The van der Waals surface area contributed by atoms with E-state index >= 15 is 0 Å². The lowest BCUT2D eigenvalue weighted by atomic mass is 10.1. The number of carbonyl (C=O) groups is 2. The topological polar surface area (TPSA) is 75.4 Å². The van der Waals surface area contributed by atoms with E-state index in [1.807, 2.05) is 17.9 Å². The third-order valence-electron chi connectivity index (χ3n) is 4.38. The quantitative estimate of drug-likeness (QED) is 0.815. The summed E-state index contributed by atoms with van der Waals surface area (Å²) in [5.74, 6) is 1.29. The SMILES string of the molecule is Cc1cc(C2CCCN2C(=O)CCCNC(=O)C2CC2)no1. The lowest BCUT2D eigenvalue weighted by Crippen LogP contribution is -2.32. The Labute approximate surface area is 130 Å². The Kier molecular flexibility index (Phi) is 4.45. The third kappa shape index (κ3) is 3.48. The molecule has 6 nitrogen and oxygen atoms in total. The van der Waals surface area contributed by atoms with Crippen molar-refractivity contribution in [1.29, 1.82) is 0 Å². The fraction of sp³-hybridized carbons (Fsp3) is 0.688. The first-order valence-corrected chi connectivity index (χ1v) is 8.15. The molecule has 2 amide bonds. The van der Waals surface area contributed by atoms with Gasteiger partial charge in [0.25, 0.3) is 0 Å². The number of hydrogen-bond acceptors (Lipinski definition) is 4. The number of rotatable bonds is 6. The van der Waals surface area contributed by atoms with Gasteiger partial charge in [-0.2, -0.15) is 0 Å². The van der Waals surface area contributed by atoms with Gasteiger partial charge in [-0.15, -0.1) is 0 Å². The molecule has 1 unspecified atom stereocenters. The predicted molar refractivity (Wildman–Crippen MR) is 79.9 cm³/mol. The Bertz CT molecular complexity index is 551. The second-order valence-corrected chi connectivity index (χ2v) is 6.28. The van der Waals surface area contributed by atoms with Crippen molar-refractivity contribution in [2.75, 3.05) is 13.1 Å². The van der Waals surface area contributed by atoms with Crippen molar-refractivity contribution in [3.05, 3.63) is 17.5 Å². The van der Waals surface area contributed by atoms with Crippen LogP contribution in [0, 0.1) is 12.8 Å². The first-order chi connectivity index (χ1) is 10.6. The Morgan fingerprint density at radius 2 is 2.23 bits per heavy atom. The summed E-state index contributed by atoms with van der Waals surface area (Å²) in [6.45, 7) is 3.23. The summed E-state index contributed by atoms with van der Waals surface area (Å²) < 4.78 is 5.12. The lowest BCUT2D eigenvalue weighted by molar-refractivity contribution is -0.132. The number of nitrogens with zero attached hydrogens (tertiary/aromatic N) is 2. The summed E-state index contributed by atoms with van der Waals surface area (Å²) in [6.07, 6.45) is 5.13. The van der Waals surface area contributed by atoms with Gasteiger partial charge in [-0.1, -0.05) is 5.16 Å². The van der Waals surface area contributed by atoms with Crippen molar-refractivity contribution in [2.24, 2.45) is 5.92 Å². The molecule has 1 aliphatic heterocycles. The third-order valence-corrected chi connectivity index (χ3v) is 4.38. The maximum atomic E-state index is 12.4. The van der Waals surface area contributed by atoms with Gasteiger partial charge in [0.1, 0.15) is 11.5 Å². The van der Waals surface area contributed by atoms with Crippen LogP contribution in [-0.4, -0.2) is 35.0 Å². The molecule has 0 spiro atoms. The average Bonchev–Trinajstić information content (AvgIpc) is 3.08. The van der Waals surface area contributed by atoms with Crippen molar-refractivity contribution in [2.45, 2.75) is 51.5 Å². The lowest BCUT2D eigenvalue weighted by Gasteiger charge is -2.23. The summed E-state index contributed by atoms with van der Waals surface area (Å²) in [6, 6.07) is 1.96. The van der Waals surface area contributed by atoms with Gasteiger partial charge in [-0.3, -0.25) is 9.59 Å². The zero-order chi connectivity index (χ0) is 15.5. The molecule has 1 saturated heterocycles. The number of aryl methyl sites for hydroxylation is 1. The highest BCUT2D eigenvalue weighted by molar-refractivity contribution is 5.81. The van der Waals surface area contributed by atoms with E-state index in [9.17, 15) is 9.59 Å². The first kappa shape index (κ1) is 15.1. The zero-order valence-electron chi connectivity index (χ0n) is 13.0. The normalized spacial score (nSPS) is 21.1. The summed E-state index contributed by atoms with van der Waals surface area (Å²) >= 11 is 0. The second kappa shape index (κ2) is 6.50. The Morgan fingerprint density at radius 1 is 1.41 bits per heavy atom. The molecule has 1 aromatic rings. The predicted octanol–water partition coefficient (Wildman–Crippen LogP) is 1.95. The Balaban J connectivity index is 1.45. The summed E-state index contributed by atoms with van der Waals surface area (Å²) in [5.41, 5.74) is 0.852. The number of amides is 2. The number of carbonyl (C=O) groups excluding carboxylic acids is 2. The van der Waals surface area contributed by atoms with Gasteiger partial charge in [0.2, 0.25) is 11.8 Å². The average molecular weight is 305 g/mol. The zero-order valence-corrected chi connectivity index (χ0v) is 13.0. The molecule has 0 radical (unpaired) electrons. The van der Waals surface area contributed by atoms with Crippen LogP contribution in [0.15, 0.2) is 10.6 Å². The first-order valence-electron chi connectivity index (χ1n) is 8.15. The standard InChI is InChI=1S/C16H23N3O3/c1-11-10-13(18-22-11)14-4-3-9-19(14)15(20)5-2-8-17-16(21)12-6-7-12/h10,12,14H,2-9H2,1H3,(H,17,21). The van der Waals surface area contributed by atoms with E-state index in [-0.39, 0.29) is 23.8 Å². The molecular weight excluding hydrogens is 282 g/mol. The van der Waals surface area contributed by atoms with Gasteiger partial charge in [-0.05, 0) is 39.0 Å². The molecule has 1 saturated carbocycles. The van der Waals surface area contributed by atoms with Gasteiger partial charge in [-0.25, -0.2) is 0 Å². The van der Waals surface area contributed by atoms with Crippen LogP contribution in [0.2, 0.25) is 0 Å². The molecule has 1 aliphatic carbocycles. The minimum Gasteiger partial charge on any atom is -0.361 e. The van der Waals surface area contributed by atoms with E-state index in [1.165, 1.54) is 0 Å². The van der Waals surface area contributed by atoms with Gasteiger partial charge >= 0.3 is 0 Å². The van der Waals surface area contributed by atoms with Crippen molar-refractivity contribution in [3.63, 3.8) is 0 Å². The van der Waals surface area contributed by atoms with Crippen LogP contribution in [0.1, 0.15) is 56.0 Å². The monoisotopic (exact) mass is 305 g/mol. The minimum absolute atomic E-state index is 0.0472. The molecule has 22 heavy (non-hydrogen) atoms. The Hall–Kier alpha value is -1.85. The fourth-order valence-corrected chi connectivity index (χ4v) is 3.00. The van der Waals surface area contributed by atoms with Crippen molar-refractivity contribution in [3.8, 4) is 0 Å². The van der Waals surface area contributed by atoms with Gasteiger partial charge in [0.15, 0.2) is 0 Å². The highest BCUT2D eigenvalue weighted by atomic mass is 16.5. The molecule has 2 aliphatic rings. The second-order valence-electron chi connectivity index (χ2n) is 6.28. The summed E-state index contributed by atoms with van der Waals surface area (Å²) in [7, 11) is 0. The van der Waals surface area contributed by atoms with E-state index in [0.717, 1.165) is 43.7 Å². The van der Waals surface area contributed by atoms with Gasteiger partial charge in [0, 0.05) is 31.5 Å². The molecule has 120 valence electrons. The molecule has 0 bridgehead atoms. The fourth-order valence-electron chi connectivity index (χ4n) is 3.00. The number of likely N-dealkylation sites (tertiary alicyclic amines) is 1. The number of hydrogen-bond donors (Lipinski definition) is 1. The molecule has 1 N–H and O–H groups in total. The van der Waals surface area contributed by atoms with E-state index in [4.69, 9.17) is 4.52 Å². The van der Waals surface area contributed by atoms with E-state index in [1.54, 1.807) is 0 Å². The molecule has 1 atom stereocenters. The largest absolute Gasteiger partial charge is 0.361 e. The molecule has 0 aromatic carbocycles. The highest BCUT2D eigenvalue weighted by Crippen LogP contribution is 2.32. The maximum absolute atomic E-state index is 12.4. The maximum Gasteiger partial charge on any atom is 0.223 e. The van der Waals surface area contributed by atoms with E-state index in [2.05, 4.69) is 10.5 Å². The van der Waals surface area contributed by atoms with Crippen molar-refractivity contribution < 1.29 is 14.1 Å². The molecule has 1 aromatic heterocycles. The molecular formula is C16H23N3O3. The molecule has 2 heterocycles. The number of aromatic nitrogens is 1. The number of nitrogens with one attached hydrogen (secondary N) is 1. The highest BCUT2D eigenvalue weighted by Gasteiger charge is 2.32. The van der Waals surface area contributed by atoms with Gasteiger partial charge < -0.3 is 14.7 Å².